The van der Waals surface area contributed by atoms with Crippen LogP contribution in [0.15, 0.2) is 24.3 Å². The molecule has 0 unspecified atom stereocenters. The summed E-state index contributed by atoms with van der Waals surface area (Å²) in [6.07, 6.45) is 4.06. The van der Waals surface area contributed by atoms with Crippen molar-refractivity contribution < 1.29 is 13.2 Å². The lowest BCUT2D eigenvalue weighted by molar-refractivity contribution is -0.137. The lowest BCUT2D eigenvalue weighted by Gasteiger charge is -2.36. The van der Waals surface area contributed by atoms with Crippen LogP contribution in [0.1, 0.15) is 36.8 Å². The number of hydrogen-bond acceptors (Lipinski definition) is 3. The quantitative estimate of drug-likeness (QED) is 0.804. The van der Waals surface area contributed by atoms with Gasteiger partial charge in [-0.25, -0.2) is 0 Å². The molecule has 7 heteroatoms. The van der Waals surface area contributed by atoms with Gasteiger partial charge in [-0.3, -0.25) is 4.79 Å². The summed E-state index contributed by atoms with van der Waals surface area (Å²) in [4.78, 5) is 14.9. The van der Waals surface area contributed by atoms with Crippen LogP contribution in [0.4, 0.5) is 0 Å². The maximum Gasteiger partial charge on any atom is 0.281 e. The molecule has 0 saturated carbocycles. The average molecular weight is 378 g/mol. The van der Waals surface area contributed by atoms with Crippen LogP contribution in [0, 0.1) is 5.92 Å². The van der Waals surface area contributed by atoms with Crippen LogP contribution in [0.5, 0.6) is 0 Å². The molecule has 1 aromatic carbocycles. The van der Waals surface area contributed by atoms with Gasteiger partial charge in [-0.1, -0.05) is 24.3 Å². The minimum absolute atomic E-state index is 0.0507. The third-order valence-corrected chi connectivity index (χ3v) is 8.00. The molecule has 4 rings (SSSR count). The first kappa shape index (κ1) is 17.9. The van der Waals surface area contributed by atoms with E-state index in [4.69, 9.17) is 0 Å². The predicted molar refractivity (Wildman–Crippen MR) is 99.6 cm³/mol. The van der Waals surface area contributed by atoms with E-state index in [1.807, 2.05) is 17.0 Å². The Morgan fingerprint density at radius 1 is 0.885 bits per heavy atom. The van der Waals surface area contributed by atoms with E-state index in [1.165, 1.54) is 11.1 Å². The maximum absolute atomic E-state index is 12.9. The third kappa shape index (κ3) is 3.40. The molecule has 0 bridgehead atoms. The molecule has 3 aliphatic heterocycles. The number of carbonyl (C=O) groups is 1. The van der Waals surface area contributed by atoms with Gasteiger partial charge < -0.3 is 4.90 Å². The van der Waals surface area contributed by atoms with Crippen molar-refractivity contribution >= 4 is 16.1 Å². The second-order valence-electron chi connectivity index (χ2n) is 7.57. The number of piperidine rings is 1. The molecule has 2 saturated heterocycles. The van der Waals surface area contributed by atoms with Gasteiger partial charge in [0.25, 0.3) is 10.2 Å². The largest absolute Gasteiger partial charge is 0.338 e. The van der Waals surface area contributed by atoms with Gasteiger partial charge in [-0.2, -0.15) is 17.0 Å². The van der Waals surface area contributed by atoms with E-state index >= 15 is 0 Å². The van der Waals surface area contributed by atoms with Gasteiger partial charge in [0.15, 0.2) is 0 Å². The molecule has 3 aliphatic rings. The van der Waals surface area contributed by atoms with Crippen molar-refractivity contribution in [1.82, 2.24) is 13.5 Å². The molecule has 3 heterocycles. The molecular weight excluding hydrogens is 350 g/mol. The molecule has 26 heavy (non-hydrogen) atoms. The van der Waals surface area contributed by atoms with E-state index in [-0.39, 0.29) is 11.8 Å². The molecule has 6 nitrogen and oxygen atoms in total. The van der Waals surface area contributed by atoms with Crippen molar-refractivity contribution in [3.05, 3.63) is 35.4 Å². The molecule has 0 atom stereocenters. The zero-order valence-corrected chi connectivity index (χ0v) is 16.0. The van der Waals surface area contributed by atoms with Crippen LogP contribution in [0.25, 0.3) is 0 Å². The van der Waals surface area contributed by atoms with E-state index in [0.717, 1.165) is 25.8 Å². The Balaban J connectivity index is 1.35. The second-order valence-corrected chi connectivity index (χ2v) is 9.49. The zero-order chi connectivity index (χ0) is 18.1. The van der Waals surface area contributed by atoms with Gasteiger partial charge in [0.2, 0.25) is 5.91 Å². The summed E-state index contributed by atoms with van der Waals surface area (Å²) in [5.41, 5.74) is 2.57. The molecule has 1 aromatic rings. The Hall–Kier alpha value is -1.44. The number of benzene rings is 1. The number of amides is 1. The van der Waals surface area contributed by atoms with Crippen molar-refractivity contribution in [3.8, 4) is 0 Å². The number of fused-ring (bicyclic) bond motifs is 1. The lowest BCUT2D eigenvalue weighted by Crippen LogP contribution is -2.49. The van der Waals surface area contributed by atoms with Crippen LogP contribution >= 0.6 is 0 Å². The molecule has 0 radical (unpaired) electrons. The Kier molecular flexibility index (Phi) is 5.03. The fraction of sp³-hybridized carbons (Fsp3) is 0.632. The van der Waals surface area contributed by atoms with Crippen molar-refractivity contribution in [2.45, 2.75) is 38.6 Å². The summed E-state index contributed by atoms with van der Waals surface area (Å²) >= 11 is 0. The first-order valence-corrected chi connectivity index (χ1v) is 11.1. The summed E-state index contributed by atoms with van der Waals surface area (Å²) in [5.74, 6) is 0.142. The Labute approximate surface area is 155 Å². The predicted octanol–water partition coefficient (Wildman–Crippen LogP) is 1.62. The minimum atomic E-state index is -3.33. The molecule has 0 aliphatic carbocycles. The third-order valence-electron chi connectivity index (χ3n) is 5.96. The number of carbonyl (C=O) groups excluding carboxylic acids is 1. The minimum Gasteiger partial charge on any atom is -0.338 e. The van der Waals surface area contributed by atoms with Crippen molar-refractivity contribution in [3.63, 3.8) is 0 Å². The SMILES string of the molecule is O=C(C1CCN(S(=O)(=O)N2CCCC2)CC1)N1CCc2ccccc2C1. The first-order valence-electron chi connectivity index (χ1n) is 9.66. The maximum atomic E-state index is 12.9. The van der Waals surface area contributed by atoms with Gasteiger partial charge in [-0.15, -0.1) is 0 Å². The lowest BCUT2D eigenvalue weighted by atomic mass is 9.94. The van der Waals surface area contributed by atoms with Crippen LogP contribution in [0.2, 0.25) is 0 Å². The first-order chi connectivity index (χ1) is 12.6. The monoisotopic (exact) mass is 377 g/mol. The van der Waals surface area contributed by atoms with Gasteiger partial charge in [0.05, 0.1) is 0 Å². The van der Waals surface area contributed by atoms with Gasteiger partial charge in [0, 0.05) is 45.2 Å². The van der Waals surface area contributed by atoms with Crippen LogP contribution in [-0.4, -0.2) is 60.6 Å². The fourth-order valence-corrected chi connectivity index (χ4v) is 6.08. The Morgan fingerprint density at radius 3 is 2.19 bits per heavy atom. The van der Waals surface area contributed by atoms with Crippen molar-refractivity contribution in [2.24, 2.45) is 5.92 Å². The highest BCUT2D eigenvalue weighted by molar-refractivity contribution is 7.86. The molecule has 142 valence electrons. The summed E-state index contributed by atoms with van der Waals surface area (Å²) < 4.78 is 28.5. The fourth-order valence-electron chi connectivity index (χ4n) is 4.36. The topological polar surface area (TPSA) is 60.9 Å². The molecule has 0 N–H and O–H groups in total. The van der Waals surface area contributed by atoms with E-state index in [2.05, 4.69) is 12.1 Å². The van der Waals surface area contributed by atoms with Crippen molar-refractivity contribution in [1.29, 1.82) is 0 Å². The Morgan fingerprint density at radius 2 is 1.50 bits per heavy atom. The van der Waals surface area contributed by atoms with Gasteiger partial charge >= 0.3 is 0 Å². The van der Waals surface area contributed by atoms with E-state index < -0.39 is 10.2 Å². The number of rotatable bonds is 3. The van der Waals surface area contributed by atoms with Gasteiger partial charge in [0.1, 0.15) is 0 Å². The molecule has 0 aromatic heterocycles. The smallest absolute Gasteiger partial charge is 0.281 e. The highest BCUT2D eigenvalue weighted by atomic mass is 32.2. The van der Waals surface area contributed by atoms with Gasteiger partial charge in [-0.05, 0) is 43.2 Å². The number of hydrogen-bond donors (Lipinski definition) is 0. The Bertz CT molecular complexity index is 766. The van der Waals surface area contributed by atoms with Crippen LogP contribution in [0.3, 0.4) is 0 Å². The van der Waals surface area contributed by atoms with E-state index in [9.17, 15) is 13.2 Å². The van der Waals surface area contributed by atoms with E-state index in [1.54, 1.807) is 8.61 Å². The summed E-state index contributed by atoms with van der Waals surface area (Å²) in [6.45, 7) is 3.63. The van der Waals surface area contributed by atoms with Crippen LogP contribution in [-0.2, 0) is 28.0 Å². The molecular formula is C19H27N3O3S. The molecule has 2 fully saturated rings. The zero-order valence-electron chi connectivity index (χ0n) is 15.1. The molecule has 0 spiro atoms. The summed E-state index contributed by atoms with van der Waals surface area (Å²) in [6, 6.07) is 8.31. The summed E-state index contributed by atoms with van der Waals surface area (Å²) in [5, 5.41) is 0. The van der Waals surface area contributed by atoms with Crippen LogP contribution < -0.4 is 0 Å². The van der Waals surface area contributed by atoms with E-state index in [0.29, 0.717) is 45.6 Å². The normalized spacial score (nSPS) is 23.2. The summed E-state index contributed by atoms with van der Waals surface area (Å²) in [7, 11) is -3.33. The second kappa shape index (κ2) is 7.29. The highest BCUT2D eigenvalue weighted by Gasteiger charge is 2.37. The standard InChI is InChI=1S/C19H27N3O3S/c23-19(20-12-7-16-5-1-2-6-18(16)15-20)17-8-13-22(14-9-17)26(24,25)21-10-3-4-11-21/h1-2,5-6,17H,3-4,7-15H2. The molecule has 1 amide bonds. The highest BCUT2D eigenvalue weighted by Crippen LogP contribution is 2.27. The number of nitrogens with zero attached hydrogens (tertiary/aromatic N) is 3. The van der Waals surface area contributed by atoms with Crippen molar-refractivity contribution in [2.75, 3.05) is 32.7 Å². The average Bonchev–Trinajstić information content (AvgIpc) is 3.23.